The molecule has 9 nitrogen and oxygen atoms in total. The van der Waals surface area contributed by atoms with E-state index in [2.05, 4.69) is 25.7 Å². The molecule has 0 unspecified atom stereocenters. The molecule has 2 aromatic heterocycles. The number of nitrogens with one attached hydrogen (secondary N) is 2. The van der Waals surface area contributed by atoms with Gasteiger partial charge in [0.2, 0.25) is 0 Å². The first-order valence-corrected chi connectivity index (χ1v) is 11.2. The van der Waals surface area contributed by atoms with Gasteiger partial charge in [0.1, 0.15) is 5.56 Å². The molecule has 2 N–H and O–H groups in total. The fraction of sp³-hybridized carbons (Fsp3) is 0.160. The second kappa shape index (κ2) is 10.4. The average Bonchev–Trinajstić information content (AvgIpc) is 3.17. The van der Waals surface area contributed by atoms with Crippen LogP contribution in [-0.4, -0.2) is 38.2 Å². The van der Waals surface area contributed by atoms with Crippen LogP contribution in [-0.2, 0) is 4.74 Å². The first kappa shape index (κ1) is 23.9. The monoisotopic (exact) mass is 490 g/mol. The third kappa shape index (κ3) is 5.47. The molecule has 0 saturated heterocycles. The van der Waals surface area contributed by atoms with Crippen LogP contribution in [0.15, 0.2) is 60.8 Å². The van der Waals surface area contributed by atoms with E-state index in [0.29, 0.717) is 22.0 Å². The van der Waals surface area contributed by atoms with Crippen molar-refractivity contribution in [3.63, 3.8) is 0 Å². The van der Waals surface area contributed by atoms with E-state index in [1.165, 1.54) is 6.20 Å². The lowest BCUT2D eigenvalue weighted by molar-refractivity contribution is 0.0526. The molecular weight excluding hydrogens is 468 g/mol. The van der Waals surface area contributed by atoms with Gasteiger partial charge in [-0.05, 0) is 57.2 Å². The number of para-hydroxylation sites is 1. The number of esters is 1. The van der Waals surface area contributed by atoms with Crippen molar-refractivity contribution in [3.05, 3.63) is 88.3 Å². The van der Waals surface area contributed by atoms with Gasteiger partial charge in [-0.3, -0.25) is 4.79 Å². The molecule has 2 aromatic carbocycles. The molecule has 0 aliphatic rings. The van der Waals surface area contributed by atoms with Crippen molar-refractivity contribution in [1.82, 2.24) is 19.7 Å². The molecule has 2 heterocycles. The van der Waals surface area contributed by atoms with Gasteiger partial charge < -0.3 is 15.4 Å². The highest BCUT2D eigenvalue weighted by Gasteiger charge is 2.20. The van der Waals surface area contributed by atoms with E-state index in [1.54, 1.807) is 60.1 Å². The summed E-state index contributed by atoms with van der Waals surface area (Å²) in [5.41, 5.74) is 3.10. The predicted octanol–water partition coefficient (Wildman–Crippen LogP) is 5.11. The van der Waals surface area contributed by atoms with Gasteiger partial charge in [-0.2, -0.15) is 10.1 Å². The molecule has 0 aliphatic heterocycles. The maximum atomic E-state index is 13.1. The number of aromatic nitrogens is 4. The molecular formula is C25H23ClN6O3. The Labute approximate surface area is 207 Å². The summed E-state index contributed by atoms with van der Waals surface area (Å²) in [6.45, 7) is 5.65. The smallest absolute Gasteiger partial charge is 0.343 e. The Morgan fingerprint density at radius 2 is 1.86 bits per heavy atom. The lowest BCUT2D eigenvalue weighted by atomic mass is 10.1. The fourth-order valence-corrected chi connectivity index (χ4v) is 3.63. The second-order valence-electron chi connectivity index (χ2n) is 7.63. The first-order valence-electron chi connectivity index (χ1n) is 10.9. The molecule has 0 bridgehead atoms. The van der Waals surface area contributed by atoms with Crippen LogP contribution in [0, 0.1) is 13.8 Å². The molecule has 0 aliphatic carbocycles. The van der Waals surface area contributed by atoms with E-state index in [-0.39, 0.29) is 29.8 Å². The zero-order valence-electron chi connectivity index (χ0n) is 19.4. The summed E-state index contributed by atoms with van der Waals surface area (Å²) < 4.78 is 6.75. The SMILES string of the molecule is CCOC(=O)c1cnc(-n2nc(C)cc2C)nc1Nc1ccccc1C(=O)Nc1cccc(Cl)c1. The number of carbonyl (C=O) groups is 2. The van der Waals surface area contributed by atoms with Crippen molar-refractivity contribution in [1.29, 1.82) is 0 Å². The van der Waals surface area contributed by atoms with E-state index in [4.69, 9.17) is 16.3 Å². The number of ether oxygens (including phenoxy) is 1. The highest BCUT2D eigenvalue weighted by molar-refractivity contribution is 6.31. The summed E-state index contributed by atoms with van der Waals surface area (Å²) in [4.78, 5) is 34.5. The zero-order valence-corrected chi connectivity index (χ0v) is 20.1. The van der Waals surface area contributed by atoms with Crippen LogP contribution in [0.3, 0.4) is 0 Å². The number of halogens is 1. The predicted molar refractivity (Wildman–Crippen MR) is 134 cm³/mol. The Morgan fingerprint density at radius 1 is 1.06 bits per heavy atom. The summed E-state index contributed by atoms with van der Waals surface area (Å²) in [7, 11) is 0. The average molecular weight is 491 g/mol. The second-order valence-corrected chi connectivity index (χ2v) is 8.06. The Kier molecular flexibility index (Phi) is 7.07. The number of amides is 1. The van der Waals surface area contributed by atoms with Crippen molar-refractivity contribution in [2.24, 2.45) is 0 Å². The van der Waals surface area contributed by atoms with Crippen molar-refractivity contribution in [2.75, 3.05) is 17.2 Å². The molecule has 4 aromatic rings. The van der Waals surface area contributed by atoms with E-state index in [0.717, 1.165) is 11.4 Å². The topological polar surface area (TPSA) is 111 Å². The fourth-order valence-electron chi connectivity index (χ4n) is 3.44. The van der Waals surface area contributed by atoms with Gasteiger partial charge in [-0.25, -0.2) is 14.5 Å². The molecule has 10 heteroatoms. The minimum Gasteiger partial charge on any atom is -0.462 e. The summed E-state index contributed by atoms with van der Waals surface area (Å²) in [5.74, 6) is -0.493. The van der Waals surface area contributed by atoms with Crippen molar-refractivity contribution in [2.45, 2.75) is 20.8 Å². The van der Waals surface area contributed by atoms with Crippen LogP contribution in [0.2, 0.25) is 5.02 Å². The van der Waals surface area contributed by atoms with Crippen molar-refractivity contribution >= 4 is 40.7 Å². The summed E-state index contributed by atoms with van der Waals surface area (Å²) in [6, 6.07) is 15.6. The number of nitrogens with zero attached hydrogens (tertiary/aromatic N) is 4. The minimum atomic E-state index is -0.587. The minimum absolute atomic E-state index is 0.127. The van der Waals surface area contributed by atoms with Crippen LogP contribution < -0.4 is 10.6 Å². The van der Waals surface area contributed by atoms with E-state index in [1.807, 2.05) is 19.9 Å². The summed E-state index contributed by atoms with van der Waals surface area (Å²) in [6.07, 6.45) is 1.38. The van der Waals surface area contributed by atoms with E-state index < -0.39 is 5.97 Å². The van der Waals surface area contributed by atoms with Crippen LogP contribution in [0.4, 0.5) is 17.2 Å². The molecule has 0 saturated carbocycles. The standard InChI is InChI=1S/C25H23ClN6O3/c1-4-35-24(34)20-14-27-25(32-16(3)12-15(2)31-32)30-22(20)29-21-11-6-5-10-19(21)23(33)28-18-9-7-8-17(26)13-18/h5-14H,4H2,1-3H3,(H,28,33)(H,27,29,30). The molecule has 0 fully saturated rings. The van der Waals surface area contributed by atoms with Crippen molar-refractivity contribution in [3.8, 4) is 5.95 Å². The summed E-state index contributed by atoms with van der Waals surface area (Å²) >= 11 is 6.03. The van der Waals surface area contributed by atoms with Gasteiger partial charge in [-0.15, -0.1) is 0 Å². The van der Waals surface area contributed by atoms with Gasteiger partial charge in [-0.1, -0.05) is 29.8 Å². The molecule has 0 radical (unpaired) electrons. The van der Waals surface area contributed by atoms with Gasteiger partial charge >= 0.3 is 5.97 Å². The van der Waals surface area contributed by atoms with Gasteiger partial charge in [0.25, 0.3) is 11.9 Å². The molecule has 35 heavy (non-hydrogen) atoms. The molecule has 4 rings (SSSR count). The number of rotatable bonds is 7. The first-order chi connectivity index (χ1) is 16.9. The highest BCUT2D eigenvalue weighted by atomic mass is 35.5. The van der Waals surface area contributed by atoms with E-state index >= 15 is 0 Å². The molecule has 0 spiro atoms. The maximum Gasteiger partial charge on any atom is 0.343 e. The lowest BCUT2D eigenvalue weighted by Gasteiger charge is -2.15. The van der Waals surface area contributed by atoms with E-state index in [9.17, 15) is 9.59 Å². The molecule has 1 amide bonds. The summed E-state index contributed by atoms with van der Waals surface area (Å²) in [5, 5.41) is 10.9. The highest BCUT2D eigenvalue weighted by Crippen LogP contribution is 2.25. The maximum absolute atomic E-state index is 13.1. The quantitative estimate of drug-likeness (QED) is 0.346. The normalized spacial score (nSPS) is 10.6. The largest absolute Gasteiger partial charge is 0.462 e. The van der Waals surface area contributed by atoms with Crippen LogP contribution >= 0.6 is 11.6 Å². The number of anilines is 3. The third-order valence-electron chi connectivity index (χ3n) is 4.98. The third-order valence-corrected chi connectivity index (χ3v) is 5.21. The number of hydrogen-bond donors (Lipinski definition) is 2. The number of hydrogen-bond acceptors (Lipinski definition) is 7. The van der Waals surface area contributed by atoms with Crippen LogP contribution in [0.5, 0.6) is 0 Å². The number of benzene rings is 2. The van der Waals surface area contributed by atoms with Crippen LogP contribution in [0.1, 0.15) is 39.0 Å². The zero-order chi connectivity index (χ0) is 24.9. The van der Waals surface area contributed by atoms with Gasteiger partial charge in [0, 0.05) is 22.6 Å². The van der Waals surface area contributed by atoms with Crippen molar-refractivity contribution < 1.29 is 14.3 Å². The number of carbonyl (C=O) groups excluding carboxylic acids is 2. The molecule has 178 valence electrons. The van der Waals surface area contributed by atoms with Gasteiger partial charge in [0.05, 0.1) is 23.6 Å². The molecule has 0 atom stereocenters. The Balaban J connectivity index is 1.72. The van der Waals surface area contributed by atoms with Crippen LogP contribution in [0.25, 0.3) is 5.95 Å². The Bertz CT molecular complexity index is 1400. The lowest BCUT2D eigenvalue weighted by Crippen LogP contribution is -2.16. The Hall–Kier alpha value is -4.24. The number of aryl methyl sites for hydroxylation is 2. The van der Waals surface area contributed by atoms with Gasteiger partial charge in [0.15, 0.2) is 5.82 Å². The Morgan fingerprint density at radius 3 is 2.57 bits per heavy atom.